The molecule has 2 amide bonds. The highest BCUT2D eigenvalue weighted by Gasteiger charge is 2.48. The van der Waals surface area contributed by atoms with Gasteiger partial charge in [0.05, 0.1) is 11.1 Å². The highest BCUT2D eigenvalue weighted by molar-refractivity contribution is 6.78. The van der Waals surface area contributed by atoms with Crippen LogP contribution in [0.1, 0.15) is 75.6 Å². The largest absolute Gasteiger partial charge is 0.541 e. The van der Waals surface area contributed by atoms with Gasteiger partial charge in [0.15, 0.2) is 5.75 Å². The van der Waals surface area contributed by atoms with Gasteiger partial charge >= 0.3 is 5.97 Å². The summed E-state index contributed by atoms with van der Waals surface area (Å²) >= 11 is 0. The Bertz CT molecular complexity index is 1020. The van der Waals surface area contributed by atoms with Crippen LogP contribution in [-0.2, 0) is 4.79 Å². The van der Waals surface area contributed by atoms with Gasteiger partial charge < -0.3 is 9.16 Å². The van der Waals surface area contributed by atoms with Crippen LogP contribution in [0, 0.1) is 0 Å². The standard InChI is InChI=1S/C26H33NO5Si/c1-8-23(28)31-21-14-11-15-22(32-33(16(2)3,17(4)5)18(6)7)24(21)27-25(29)19-12-9-10-13-20(19)26(27)30/h9-18H,8H2,1-7H3. The number of fused-ring (bicyclic) bond motifs is 1. The minimum Gasteiger partial charge on any atom is -0.541 e. The maximum atomic E-state index is 13.4. The van der Waals surface area contributed by atoms with Crippen molar-refractivity contribution in [2.45, 2.75) is 71.5 Å². The van der Waals surface area contributed by atoms with E-state index in [4.69, 9.17) is 9.16 Å². The molecule has 0 aliphatic carbocycles. The maximum absolute atomic E-state index is 13.4. The molecule has 0 aromatic heterocycles. The van der Waals surface area contributed by atoms with Gasteiger partial charge in [-0.05, 0) is 40.9 Å². The van der Waals surface area contributed by atoms with E-state index in [2.05, 4.69) is 41.5 Å². The topological polar surface area (TPSA) is 72.9 Å². The summed E-state index contributed by atoms with van der Waals surface area (Å²) in [6, 6.07) is 11.8. The average Bonchev–Trinajstić information content (AvgIpc) is 3.01. The number of carbonyl (C=O) groups is 3. The van der Waals surface area contributed by atoms with E-state index in [-0.39, 0.29) is 34.5 Å². The Morgan fingerprint density at radius 1 is 0.818 bits per heavy atom. The lowest BCUT2D eigenvalue weighted by molar-refractivity contribution is -0.133. The van der Waals surface area contributed by atoms with Gasteiger partial charge in [0.2, 0.25) is 0 Å². The van der Waals surface area contributed by atoms with Crippen molar-refractivity contribution >= 4 is 31.8 Å². The van der Waals surface area contributed by atoms with Crippen molar-refractivity contribution < 1.29 is 23.5 Å². The molecule has 6 nitrogen and oxygen atoms in total. The fraction of sp³-hybridized carbons (Fsp3) is 0.423. The van der Waals surface area contributed by atoms with Crippen LogP contribution in [0.15, 0.2) is 42.5 Å². The molecule has 1 heterocycles. The molecule has 1 aliphatic rings. The van der Waals surface area contributed by atoms with E-state index in [1.54, 1.807) is 49.4 Å². The molecule has 7 heteroatoms. The van der Waals surface area contributed by atoms with Gasteiger partial charge in [-0.2, -0.15) is 0 Å². The first-order valence-corrected chi connectivity index (χ1v) is 13.7. The number of imide groups is 1. The Kier molecular flexibility index (Phi) is 7.12. The number of benzene rings is 2. The van der Waals surface area contributed by atoms with Gasteiger partial charge in [-0.3, -0.25) is 14.4 Å². The van der Waals surface area contributed by atoms with Gasteiger partial charge in [0.25, 0.3) is 20.1 Å². The highest BCUT2D eigenvalue weighted by Crippen LogP contribution is 2.48. The summed E-state index contributed by atoms with van der Waals surface area (Å²) in [4.78, 5) is 40.0. The van der Waals surface area contributed by atoms with Crippen LogP contribution in [-0.4, -0.2) is 26.1 Å². The number of rotatable bonds is 8. The smallest absolute Gasteiger partial charge is 0.310 e. The van der Waals surface area contributed by atoms with Crippen molar-refractivity contribution in [3.05, 3.63) is 53.6 Å². The lowest BCUT2D eigenvalue weighted by Gasteiger charge is -2.43. The second-order valence-corrected chi connectivity index (χ2v) is 14.7. The van der Waals surface area contributed by atoms with E-state index in [0.29, 0.717) is 16.9 Å². The molecule has 33 heavy (non-hydrogen) atoms. The molecule has 1 aliphatic heterocycles. The number of ether oxygens (including phenoxy) is 1. The number of amides is 2. The Balaban J connectivity index is 2.23. The van der Waals surface area contributed by atoms with Gasteiger partial charge in [-0.15, -0.1) is 0 Å². The normalized spacial score (nSPS) is 13.8. The van der Waals surface area contributed by atoms with Crippen LogP contribution in [0.3, 0.4) is 0 Å². The van der Waals surface area contributed by atoms with Gasteiger partial charge in [-0.25, -0.2) is 4.90 Å². The van der Waals surface area contributed by atoms with E-state index < -0.39 is 26.1 Å². The summed E-state index contributed by atoms with van der Waals surface area (Å²) in [5, 5.41) is 0. The van der Waals surface area contributed by atoms with Crippen molar-refractivity contribution in [2.24, 2.45) is 0 Å². The molecule has 0 atom stereocenters. The molecule has 0 bridgehead atoms. The predicted molar refractivity (Wildman–Crippen MR) is 132 cm³/mol. The lowest BCUT2D eigenvalue weighted by atomic mass is 10.1. The Labute approximate surface area is 197 Å². The molecule has 2 aromatic carbocycles. The second kappa shape index (κ2) is 9.51. The summed E-state index contributed by atoms with van der Waals surface area (Å²) in [7, 11) is -2.44. The predicted octanol–water partition coefficient (Wildman–Crippen LogP) is 6.36. The Morgan fingerprint density at radius 3 is 1.76 bits per heavy atom. The number of nitrogens with zero attached hydrogens (tertiary/aromatic N) is 1. The molecule has 2 aromatic rings. The molecule has 0 N–H and O–H groups in total. The fourth-order valence-corrected chi connectivity index (χ4v) is 10.3. The van der Waals surface area contributed by atoms with Crippen LogP contribution in [0.2, 0.25) is 16.6 Å². The van der Waals surface area contributed by atoms with E-state index in [9.17, 15) is 14.4 Å². The first-order chi connectivity index (χ1) is 15.6. The van der Waals surface area contributed by atoms with Crippen LogP contribution in [0.5, 0.6) is 11.5 Å². The summed E-state index contributed by atoms with van der Waals surface area (Å²) < 4.78 is 12.5. The van der Waals surface area contributed by atoms with E-state index >= 15 is 0 Å². The quantitative estimate of drug-likeness (QED) is 0.196. The van der Waals surface area contributed by atoms with Crippen LogP contribution >= 0.6 is 0 Å². The molecule has 0 radical (unpaired) electrons. The molecule has 0 saturated carbocycles. The molecule has 0 fully saturated rings. The van der Waals surface area contributed by atoms with E-state index in [1.165, 1.54) is 0 Å². The number of para-hydroxylation sites is 1. The third kappa shape index (κ3) is 4.22. The van der Waals surface area contributed by atoms with Crippen molar-refractivity contribution in [1.29, 1.82) is 0 Å². The number of carbonyl (C=O) groups excluding carboxylic acids is 3. The zero-order valence-electron chi connectivity index (χ0n) is 20.5. The van der Waals surface area contributed by atoms with E-state index in [1.807, 2.05) is 0 Å². The highest BCUT2D eigenvalue weighted by atomic mass is 28.4. The Hall–Kier alpha value is -2.93. The average molecular weight is 468 g/mol. The maximum Gasteiger partial charge on any atom is 0.310 e. The zero-order chi connectivity index (χ0) is 24.5. The van der Waals surface area contributed by atoms with Crippen LogP contribution in [0.25, 0.3) is 0 Å². The summed E-state index contributed by atoms with van der Waals surface area (Å²) in [6.45, 7) is 14.7. The first-order valence-electron chi connectivity index (χ1n) is 11.6. The van der Waals surface area contributed by atoms with E-state index in [0.717, 1.165) is 4.90 Å². The zero-order valence-corrected chi connectivity index (χ0v) is 21.5. The van der Waals surface area contributed by atoms with Gasteiger partial charge in [0.1, 0.15) is 11.4 Å². The Morgan fingerprint density at radius 2 is 1.30 bits per heavy atom. The van der Waals surface area contributed by atoms with Crippen LogP contribution in [0.4, 0.5) is 5.69 Å². The molecule has 0 unspecified atom stereocenters. The molecule has 0 spiro atoms. The third-order valence-electron chi connectivity index (χ3n) is 6.49. The number of esters is 1. The molecular formula is C26H33NO5Si. The van der Waals surface area contributed by atoms with Gasteiger partial charge in [-0.1, -0.05) is 66.7 Å². The minimum atomic E-state index is -2.44. The molecule has 176 valence electrons. The van der Waals surface area contributed by atoms with Crippen molar-refractivity contribution in [2.75, 3.05) is 4.90 Å². The van der Waals surface area contributed by atoms with Crippen molar-refractivity contribution in [3.63, 3.8) is 0 Å². The third-order valence-corrected chi connectivity index (χ3v) is 12.5. The molecular weight excluding hydrogens is 434 g/mol. The summed E-state index contributed by atoms with van der Waals surface area (Å²) in [5.41, 5.74) is 1.66. The molecule has 0 saturated heterocycles. The van der Waals surface area contributed by atoms with Crippen molar-refractivity contribution in [1.82, 2.24) is 0 Å². The van der Waals surface area contributed by atoms with Crippen LogP contribution < -0.4 is 14.1 Å². The SMILES string of the molecule is CCC(=O)Oc1cccc(O[Si](C(C)C)(C(C)C)C(C)C)c1N1C(=O)c2ccccc2C1=O. The fourth-order valence-electron chi connectivity index (χ4n) is 5.02. The van der Waals surface area contributed by atoms with Crippen molar-refractivity contribution in [3.8, 4) is 11.5 Å². The minimum absolute atomic E-state index is 0.146. The monoisotopic (exact) mass is 467 g/mol. The van der Waals surface area contributed by atoms with Gasteiger partial charge in [0, 0.05) is 6.42 Å². The second-order valence-electron chi connectivity index (χ2n) is 9.34. The molecule has 3 rings (SSSR count). The lowest BCUT2D eigenvalue weighted by Crippen LogP contribution is -2.51. The number of hydrogen-bond acceptors (Lipinski definition) is 5. The summed E-state index contributed by atoms with van der Waals surface area (Å²) in [5.74, 6) is -0.815. The number of hydrogen-bond donors (Lipinski definition) is 0. The first kappa shape index (κ1) is 24.7. The summed E-state index contributed by atoms with van der Waals surface area (Å²) in [6.07, 6.45) is 0.162. The number of anilines is 1.